The van der Waals surface area contributed by atoms with E-state index in [1.54, 1.807) is 37.4 Å². The summed E-state index contributed by atoms with van der Waals surface area (Å²) in [4.78, 5) is 0. The summed E-state index contributed by atoms with van der Waals surface area (Å²) in [5.74, 6) is 0. The number of nitriles is 1. The second-order valence-corrected chi connectivity index (χ2v) is 3.73. The highest BCUT2D eigenvalue weighted by Crippen LogP contribution is 2.17. The van der Waals surface area contributed by atoms with Crippen LogP contribution in [0.4, 0.5) is 13.2 Å². The van der Waals surface area contributed by atoms with E-state index in [-0.39, 0.29) is 0 Å². The van der Waals surface area contributed by atoms with Crippen molar-refractivity contribution in [3.8, 4) is 6.07 Å². The molecule has 1 aromatic rings. The molecule has 0 bridgehead atoms. The zero-order valence-corrected chi connectivity index (χ0v) is 9.79. The highest BCUT2D eigenvalue weighted by atomic mass is 19.4. The first-order valence-corrected chi connectivity index (χ1v) is 5.24. The van der Waals surface area contributed by atoms with Gasteiger partial charge in [0.15, 0.2) is 0 Å². The van der Waals surface area contributed by atoms with Gasteiger partial charge in [0.1, 0.15) is 6.04 Å². The van der Waals surface area contributed by atoms with Crippen molar-refractivity contribution in [2.45, 2.75) is 18.8 Å². The molecule has 3 nitrogen and oxygen atoms in total. The molecule has 0 radical (unpaired) electrons. The fourth-order valence-electron chi connectivity index (χ4n) is 1.43. The van der Waals surface area contributed by atoms with Gasteiger partial charge in [-0.05, 0) is 11.1 Å². The van der Waals surface area contributed by atoms with Gasteiger partial charge in [0, 0.05) is 7.11 Å². The molecule has 0 amide bonds. The van der Waals surface area contributed by atoms with Crippen molar-refractivity contribution < 1.29 is 17.9 Å². The molecule has 1 unspecified atom stereocenters. The van der Waals surface area contributed by atoms with Gasteiger partial charge in [-0.25, -0.2) is 0 Å². The van der Waals surface area contributed by atoms with Crippen LogP contribution in [-0.2, 0) is 11.3 Å². The number of alkyl halides is 3. The Kier molecular flexibility index (Phi) is 5.13. The summed E-state index contributed by atoms with van der Waals surface area (Å²) in [5, 5.41) is 11.0. The number of halogens is 3. The Morgan fingerprint density at radius 1 is 1.33 bits per heavy atom. The summed E-state index contributed by atoms with van der Waals surface area (Å²) < 4.78 is 41.0. The van der Waals surface area contributed by atoms with Gasteiger partial charge in [-0.3, -0.25) is 5.32 Å². The molecule has 0 spiro atoms. The second kappa shape index (κ2) is 6.38. The van der Waals surface area contributed by atoms with Crippen LogP contribution in [0.15, 0.2) is 24.3 Å². The Hall–Kier alpha value is -1.58. The summed E-state index contributed by atoms with van der Waals surface area (Å²) in [6, 6.07) is 7.51. The first kappa shape index (κ1) is 14.5. The van der Waals surface area contributed by atoms with Crippen molar-refractivity contribution in [2.24, 2.45) is 0 Å². The smallest absolute Gasteiger partial charge is 0.380 e. The number of rotatable bonds is 5. The molecule has 1 N–H and O–H groups in total. The third-order valence-electron chi connectivity index (χ3n) is 2.26. The number of ether oxygens (including phenoxy) is 1. The van der Waals surface area contributed by atoms with Crippen LogP contribution in [0.3, 0.4) is 0 Å². The van der Waals surface area contributed by atoms with Crippen molar-refractivity contribution in [2.75, 3.05) is 13.7 Å². The lowest BCUT2D eigenvalue weighted by Gasteiger charge is -2.14. The number of methoxy groups -OCH3 is 1. The Morgan fingerprint density at radius 2 is 1.94 bits per heavy atom. The Morgan fingerprint density at radius 3 is 2.39 bits per heavy atom. The minimum Gasteiger partial charge on any atom is -0.380 e. The van der Waals surface area contributed by atoms with Crippen LogP contribution in [-0.4, -0.2) is 19.8 Å². The van der Waals surface area contributed by atoms with Gasteiger partial charge in [-0.1, -0.05) is 24.3 Å². The highest BCUT2D eigenvalue weighted by molar-refractivity contribution is 5.28. The molecule has 0 fully saturated rings. The topological polar surface area (TPSA) is 45.0 Å². The van der Waals surface area contributed by atoms with E-state index in [2.05, 4.69) is 5.32 Å². The largest absolute Gasteiger partial charge is 0.401 e. The lowest BCUT2D eigenvalue weighted by Crippen LogP contribution is -2.31. The molecule has 1 rings (SSSR count). The maximum Gasteiger partial charge on any atom is 0.401 e. The molecule has 0 aliphatic rings. The quantitative estimate of drug-likeness (QED) is 0.882. The molecule has 1 atom stereocenters. The number of nitrogens with one attached hydrogen (secondary N) is 1. The van der Waals surface area contributed by atoms with E-state index < -0.39 is 18.8 Å². The Bertz CT molecular complexity index is 409. The number of benzene rings is 1. The minimum atomic E-state index is -4.33. The van der Waals surface area contributed by atoms with Crippen molar-refractivity contribution in [1.82, 2.24) is 5.32 Å². The number of hydrogen-bond acceptors (Lipinski definition) is 3. The molecule has 0 aliphatic heterocycles. The maximum atomic E-state index is 12.0. The maximum absolute atomic E-state index is 12.0. The minimum absolute atomic E-state index is 0.424. The van der Waals surface area contributed by atoms with Gasteiger partial charge >= 0.3 is 6.18 Å². The lowest BCUT2D eigenvalue weighted by atomic mass is 10.1. The van der Waals surface area contributed by atoms with Gasteiger partial charge in [0.25, 0.3) is 0 Å². The number of hydrogen-bond donors (Lipinski definition) is 1. The summed E-state index contributed by atoms with van der Waals surface area (Å²) in [6.07, 6.45) is -4.33. The highest BCUT2D eigenvalue weighted by Gasteiger charge is 2.28. The van der Waals surface area contributed by atoms with Crippen molar-refractivity contribution in [1.29, 1.82) is 5.26 Å². The third kappa shape index (κ3) is 4.73. The molecule has 1 aromatic carbocycles. The first-order valence-electron chi connectivity index (χ1n) is 5.24. The average molecular weight is 258 g/mol. The molecule has 0 saturated carbocycles. The standard InChI is InChI=1S/C12H13F3N2O/c1-18-7-9-2-4-10(5-3-9)11(6-16)17-8-12(13,14)15/h2-5,11,17H,7-8H2,1H3. The Labute approximate surface area is 103 Å². The zero-order chi connectivity index (χ0) is 13.6. The molecule has 18 heavy (non-hydrogen) atoms. The van der Waals surface area contributed by atoms with Crippen LogP contribution in [0.2, 0.25) is 0 Å². The molecule has 0 saturated heterocycles. The first-order chi connectivity index (χ1) is 8.46. The summed E-state index contributed by atoms with van der Waals surface area (Å²) in [5.41, 5.74) is 1.40. The monoisotopic (exact) mass is 258 g/mol. The molecule has 0 aliphatic carbocycles. The van der Waals surface area contributed by atoms with E-state index >= 15 is 0 Å². The summed E-state index contributed by atoms with van der Waals surface area (Å²) in [7, 11) is 1.55. The predicted molar refractivity (Wildman–Crippen MR) is 59.6 cm³/mol. The molecule has 0 heterocycles. The summed E-state index contributed by atoms with van der Waals surface area (Å²) >= 11 is 0. The lowest BCUT2D eigenvalue weighted by molar-refractivity contribution is -0.125. The second-order valence-electron chi connectivity index (χ2n) is 3.73. The van der Waals surface area contributed by atoms with E-state index in [0.29, 0.717) is 12.2 Å². The van der Waals surface area contributed by atoms with Crippen LogP contribution in [0.25, 0.3) is 0 Å². The van der Waals surface area contributed by atoms with Gasteiger partial charge in [0.05, 0.1) is 19.2 Å². The zero-order valence-electron chi connectivity index (χ0n) is 9.79. The van der Waals surface area contributed by atoms with Crippen LogP contribution < -0.4 is 5.32 Å². The molecular formula is C12H13F3N2O. The third-order valence-corrected chi connectivity index (χ3v) is 2.26. The van der Waals surface area contributed by atoms with Crippen LogP contribution in [0.5, 0.6) is 0 Å². The Balaban J connectivity index is 2.68. The van der Waals surface area contributed by atoms with E-state index in [4.69, 9.17) is 10.00 Å². The van der Waals surface area contributed by atoms with Crippen molar-refractivity contribution in [3.05, 3.63) is 35.4 Å². The van der Waals surface area contributed by atoms with E-state index in [0.717, 1.165) is 5.56 Å². The SMILES string of the molecule is COCc1ccc(C(C#N)NCC(F)(F)F)cc1. The van der Waals surface area contributed by atoms with Gasteiger partial charge < -0.3 is 4.74 Å². The fraction of sp³-hybridized carbons (Fsp3) is 0.417. The van der Waals surface area contributed by atoms with E-state index in [9.17, 15) is 13.2 Å². The van der Waals surface area contributed by atoms with E-state index in [1.807, 2.05) is 0 Å². The molecular weight excluding hydrogens is 245 g/mol. The van der Waals surface area contributed by atoms with Gasteiger partial charge in [-0.2, -0.15) is 18.4 Å². The normalized spacial score (nSPS) is 13.1. The molecule has 98 valence electrons. The fourth-order valence-corrected chi connectivity index (χ4v) is 1.43. The molecule has 0 aromatic heterocycles. The van der Waals surface area contributed by atoms with Gasteiger partial charge in [0.2, 0.25) is 0 Å². The van der Waals surface area contributed by atoms with Crippen LogP contribution in [0.1, 0.15) is 17.2 Å². The average Bonchev–Trinajstić information content (AvgIpc) is 2.31. The summed E-state index contributed by atoms with van der Waals surface area (Å²) in [6.45, 7) is -0.765. The van der Waals surface area contributed by atoms with E-state index in [1.165, 1.54) is 0 Å². The van der Waals surface area contributed by atoms with Crippen molar-refractivity contribution in [3.63, 3.8) is 0 Å². The number of nitrogens with zero attached hydrogens (tertiary/aromatic N) is 1. The van der Waals surface area contributed by atoms with Gasteiger partial charge in [-0.15, -0.1) is 0 Å². The van der Waals surface area contributed by atoms with Crippen LogP contribution in [0, 0.1) is 11.3 Å². The van der Waals surface area contributed by atoms with Crippen molar-refractivity contribution >= 4 is 0 Å². The molecule has 6 heteroatoms. The van der Waals surface area contributed by atoms with Crippen LogP contribution >= 0.6 is 0 Å². The predicted octanol–water partition coefficient (Wildman–Crippen LogP) is 2.55.